The van der Waals surface area contributed by atoms with Gasteiger partial charge in [0.2, 0.25) is 0 Å². The van der Waals surface area contributed by atoms with Gasteiger partial charge in [0.15, 0.2) is 0 Å². The molecular weight excluding hydrogens is 276 g/mol. The standard InChI is InChI=1S/C16H25F2NO2/c1-11(19-10-13(20)9-16(2,3)4)12-6-5-7-14(8-12)21-15(17)18/h5-8,11,13,15,19-20H,9-10H2,1-4H3. The van der Waals surface area contributed by atoms with Gasteiger partial charge < -0.3 is 15.2 Å². The number of benzene rings is 1. The number of hydrogen-bond acceptors (Lipinski definition) is 3. The first-order valence-electron chi connectivity index (χ1n) is 7.13. The zero-order valence-corrected chi connectivity index (χ0v) is 13.1. The minimum absolute atomic E-state index is 0.0548. The van der Waals surface area contributed by atoms with E-state index in [0.717, 1.165) is 5.56 Å². The molecule has 1 aromatic carbocycles. The van der Waals surface area contributed by atoms with Gasteiger partial charge in [-0.1, -0.05) is 32.9 Å². The van der Waals surface area contributed by atoms with Gasteiger partial charge in [0.05, 0.1) is 6.10 Å². The van der Waals surface area contributed by atoms with Gasteiger partial charge in [-0.2, -0.15) is 8.78 Å². The fraction of sp³-hybridized carbons (Fsp3) is 0.625. The van der Waals surface area contributed by atoms with Crippen LogP contribution >= 0.6 is 0 Å². The van der Waals surface area contributed by atoms with Crippen LogP contribution in [0.25, 0.3) is 0 Å². The molecule has 5 heteroatoms. The largest absolute Gasteiger partial charge is 0.435 e. The first kappa shape index (κ1) is 17.9. The molecule has 1 aromatic rings. The minimum Gasteiger partial charge on any atom is -0.435 e. The van der Waals surface area contributed by atoms with Crippen LogP contribution in [-0.4, -0.2) is 24.4 Å². The Labute approximate surface area is 125 Å². The molecule has 0 fully saturated rings. The van der Waals surface area contributed by atoms with E-state index in [1.807, 2.05) is 13.0 Å². The molecule has 0 spiro atoms. The number of halogens is 2. The summed E-state index contributed by atoms with van der Waals surface area (Å²) in [6, 6.07) is 6.54. The lowest BCUT2D eigenvalue weighted by molar-refractivity contribution is -0.0499. The number of ether oxygens (including phenoxy) is 1. The molecule has 2 atom stereocenters. The van der Waals surface area contributed by atoms with Crippen LogP contribution in [0.1, 0.15) is 45.7 Å². The van der Waals surface area contributed by atoms with Crippen molar-refractivity contribution in [3.63, 3.8) is 0 Å². The highest BCUT2D eigenvalue weighted by Crippen LogP contribution is 2.22. The quantitative estimate of drug-likeness (QED) is 0.806. The fourth-order valence-electron chi connectivity index (χ4n) is 2.17. The highest BCUT2D eigenvalue weighted by atomic mass is 19.3. The zero-order valence-electron chi connectivity index (χ0n) is 13.1. The molecular formula is C16H25F2NO2. The van der Waals surface area contributed by atoms with Gasteiger partial charge in [-0.3, -0.25) is 0 Å². The number of hydrogen-bond donors (Lipinski definition) is 2. The van der Waals surface area contributed by atoms with E-state index in [2.05, 4.69) is 30.8 Å². The van der Waals surface area contributed by atoms with Gasteiger partial charge in [-0.15, -0.1) is 0 Å². The molecule has 0 saturated heterocycles. The molecule has 120 valence electrons. The van der Waals surface area contributed by atoms with Gasteiger partial charge in [-0.05, 0) is 36.5 Å². The Hall–Kier alpha value is -1.20. The average Bonchev–Trinajstić information content (AvgIpc) is 2.33. The molecule has 2 unspecified atom stereocenters. The summed E-state index contributed by atoms with van der Waals surface area (Å²) in [5.74, 6) is 0.145. The van der Waals surface area contributed by atoms with Crippen molar-refractivity contribution < 1.29 is 18.6 Å². The molecule has 0 saturated carbocycles. The summed E-state index contributed by atoms with van der Waals surface area (Å²) in [4.78, 5) is 0. The Kier molecular flexibility index (Phi) is 6.55. The monoisotopic (exact) mass is 301 g/mol. The van der Waals surface area contributed by atoms with Gasteiger partial charge in [0.25, 0.3) is 0 Å². The summed E-state index contributed by atoms with van der Waals surface area (Å²) in [6.07, 6.45) is 0.259. The van der Waals surface area contributed by atoms with Crippen molar-refractivity contribution in [1.29, 1.82) is 0 Å². The van der Waals surface area contributed by atoms with Crippen molar-refractivity contribution >= 4 is 0 Å². The molecule has 0 aliphatic carbocycles. The molecule has 0 aliphatic heterocycles. The fourth-order valence-corrected chi connectivity index (χ4v) is 2.17. The molecule has 0 aromatic heterocycles. The Morgan fingerprint density at radius 1 is 1.29 bits per heavy atom. The lowest BCUT2D eigenvalue weighted by atomic mass is 9.89. The maximum absolute atomic E-state index is 12.2. The van der Waals surface area contributed by atoms with E-state index >= 15 is 0 Å². The van der Waals surface area contributed by atoms with Crippen LogP contribution in [-0.2, 0) is 0 Å². The second-order valence-electron chi connectivity index (χ2n) is 6.50. The Morgan fingerprint density at radius 2 is 1.95 bits per heavy atom. The van der Waals surface area contributed by atoms with E-state index in [9.17, 15) is 13.9 Å². The third kappa shape index (κ3) is 7.39. The predicted octanol–water partition coefficient (Wildman–Crippen LogP) is 3.74. The highest BCUT2D eigenvalue weighted by Gasteiger charge is 2.17. The van der Waals surface area contributed by atoms with Gasteiger partial charge in [-0.25, -0.2) is 0 Å². The van der Waals surface area contributed by atoms with Crippen molar-refractivity contribution in [2.45, 2.75) is 52.9 Å². The van der Waals surface area contributed by atoms with Crippen LogP contribution in [0.3, 0.4) is 0 Å². The first-order valence-corrected chi connectivity index (χ1v) is 7.13. The van der Waals surface area contributed by atoms with E-state index in [1.54, 1.807) is 12.1 Å². The van der Waals surface area contributed by atoms with Crippen LogP contribution < -0.4 is 10.1 Å². The Balaban J connectivity index is 2.53. The van der Waals surface area contributed by atoms with Gasteiger partial charge in [0.1, 0.15) is 5.75 Å². The van der Waals surface area contributed by atoms with E-state index in [4.69, 9.17) is 0 Å². The Morgan fingerprint density at radius 3 is 2.52 bits per heavy atom. The molecule has 0 heterocycles. The molecule has 2 N–H and O–H groups in total. The molecule has 0 radical (unpaired) electrons. The number of rotatable bonds is 7. The normalized spacial score (nSPS) is 15.0. The molecule has 0 aliphatic rings. The second kappa shape index (κ2) is 7.71. The smallest absolute Gasteiger partial charge is 0.387 e. The van der Waals surface area contributed by atoms with Crippen molar-refractivity contribution in [3.8, 4) is 5.75 Å². The zero-order chi connectivity index (χ0) is 16.0. The summed E-state index contributed by atoms with van der Waals surface area (Å²) >= 11 is 0. The molecule has 3 nitrogen and oxygen atoms in total. The molecule has 0 amide bonds. The van der Waals surface area contributed by atoms with Crippen LogP contribution in [0.4, 0.5) is 8.78 Å². The van der Waals surface area contributed by atoms with Crippen molar-refractivity contribution in [2.24, 2.45) is 5.41 Å². The van der Waals surface area contributed by atoms with E-state index in [0.29, 0.717) is 13.0 Å². The number of alkyl halides is 2. The van der Waals surface area contributed by atoms with Gasteiger partial charge >= 0.3 is 6.61 Å². The van der Waals surface area contributed by atoms with Crippen LogP contribution in [0.2, 0.25) is 0 Å². The number of aliphatic hydroxyl groups is 1. The summed E-state index contributed by atoms with van der Waals surface area (Å²) in [7, 11) is 0. The molecule has 1 rings (SSSR count). The maximum Gasteiger partial charge on any atom is 0.387 e. The molecule has 21 heavy (non-hydrogen) atoms. The third-order valence-electron chi connectivity index (χ3n) is 3.09. The van der Waals surface area contributed by atoms with Gasteiger partial charge in [0, 0.05) is 12.6 Å². The number of aliphatic hydroxyl groups excluding tert-OH is 1. The van der Waals surface area contributed by atoms with Crippen LogP contribution in [0.5, 0.6) is 5.75 Å². The summed E-state index contributed by atoms with van der Waals surface area (Å²) in [6.45, 7) is 5.78. The first-order chi connectivity index (χ1) is 9.67. The second-order valence-corrected chi connectivity index (χ2v) is 6.50. The van der Waals surface area contributed by atoms with Crippen molar-refractivity contribution in [2.75, 3.05) is 6.54 Å². The van der Waals surface area contributed by atoms with E-state index in [-0.39, 0.29) is 17.2 Å². The average molecular weight is 301 g/mol. The topological polar surface area (TPSA) is 41.5 Å². The minimum atomic E-state index is -2.82. The third-order valence-corrected chi connectivity index (χ3v) is 3.09. The van der Waals surface area contributed by atoms with Crippen molar-refractivity contribution in [1.82, 2.24) is 5.32 Å². The van der Waals surface area contributed by atoms with E-state index < -0.39 is 12.7 Å². The summed E-state index contributed by atoms with van der Waals surface area (Å²) < 4.78 is 28.8. The maximum atomic E-state index is 12.2. The summed E-state index contributed by atoms with van der Waals surface area (Å²) in [5.41, 5.74) is 0.908. The SMILES string of the molecule is CC(NCC(O)CC(C)(C)C)c1cccc(OC(F)F)c1. The number of nitrogens with one attached hydrogen (secondary N) is 1. The van der Waals surface area contributed by atoms with Crippen LogP contribution in [0.15, 0.2) is 24.3 Å². The molecule has 0 bridgehead atoms. The Bertz CT molecular complexity index is 433. The predicted molar refractivity (Wildman–Crippen MR) is 79.6 cm³/mol. The lowest BCUT2D eigenvalue weighted by Gasteiger charge is -2.24. The van der Waals surface area contributed by atoms with Crippen LogP contribution in [0, 0.1) is 5.41 Å². The van der Waals surface area contributed by atoms with E-state index in [1.165, 1.54) is 6.07 Å². The highest BCUT2D eigenvalue weighted by molar-refractivity contribution is 5.30. The van der Waals surface area contributed by atoms with Crippen molar-refractivity contribution in [3.05, 3.63) is 29.8 Å². The summed E-state index contributed by atoms with van der Waals surface area (Å²) in [5, 5.41) is 13.2. The lowest BCUT2D eigenvalue weighted by Crippen LogP contribution is -2.31.